The van der Waals surface area contributed by atoms with Gasteiger partial charge >= 0.3 is 0 Å². The fraction of sp³-hybridized carbons (Fsp3) is 0.647. The maximum absolute atomic E-state index is 5.88. The first-order valence-electron chi connectivity index (χ1n) is 7.98. The van der Waals surface area contributed by atoms with Gasteiger partial charge in [0.15, 0.2) is 0 Å². The Hall–Kier alpha value is -0.000000000000000222. The van der Waals surface area contributed by atoms with Crippen LogP contribution in [0.15, 0.2) is 22.7 Å². The van der Waals surface area contributed by atoms with Crippen molar-refractivity contribution in [3.63, 3.8) is 0 Å². The van der Waals surface area contributed by atoms with E-state index in [2.05, 4.69) is 58.2 Å². The molecule has 1 aromatic rings. The number of ether oxygens (including phenoxy) is 1. The summed E-state index contributed by atoms with van der Waals surface area (Å²) in [5.41, 5.74) is 1.32. The summed E-state index contributed by atoms with van der Waals surface area (Å²) >= 11 is 3.62. The number of rotatable bonds is 6. The van der Waals surface area contributed by atoms with Gasteiger partial charge in [-0.15, -0.1) is 24.8 Å². The van der Waals surface area contributed by atoms with Crippen LogP contribution >= 0.6 is 40.7 Å². The van der Waals surface area contributed by atoms with Gasteiger partial charge in [-0.1, -0.05) is 29.8 Å². The van der Waals surface area contributed by atoms with E-state index in [4.69, 9.17) is 4.74 Å². The number of nitrogens with zero attached hydrogens (tertiary/aromatic N) is 1. The Morgan fingerprint density at radius 2 is 1.87 bits per heavy atom. The summed E-state index contributed by atoms with van der Waals surface area (Å²) in [6.07, 6.45) is 1.16. The van der Waals surface area contributed by atoms with Crippen molar-refractivity contribution in [1.82, 2.24) is 10.2 Å². The number of halogens is 3. The van der Waals surface area contributed by atoms with Crippen LogP contribution in [-0.2, 0) is 0 Å². The summed E-state index contributed by atoms with van der Waals surface area (Å²) in [7, 11) is 0. The molecule has 134 valence electrons. The van der Waals surface area contributed by atoms with Gasteiger partial charge in [0, 0.05) is 42.3 Å². The van der Waals surface area contributed by atoms with Gasteiger partial charge in [0.2, 0.25) is 0 Å². The van der Waals surface area contributed by atoms with E-state index in [1.807, 2.05) is 6.92 Å². The highest BCUT2D eigenvalue weighted by Crippen LogP contribution is 2.36. The van der Waals surface area contributed by atoms with Crippen LogP contribution in [0, 0.1) is 5.92 Å². The highest BCUT2D eigenvalue weighted by atomic mass is 79.9. The second kappa shape index (κ2) is 11.5. The van der Waals surface area contributed by atoms with Crippen LogP contribution in [0.5, 0.6) is 5.75 Å². The average Bonchev–Trinajstić information content (AvgIpc) is 2.48. The minimum atomic E-state index is 0. The number of hydrogen-bond acceptors (Lipinski definition) is 3. The molecule has 1 aliphatic heterocycles. The molecule has 0 unspecified atom stereocenters. The molecule has 0 saturated carbocycles. The molecule has 0 aliphatic carbocycles. The molecule has 1 fully saturated rings. The van der Waals surface area contributed by atoms with E-state index in [1.54, 1.807) is 0 Å². The number of hydrogen-bond donors (Lipinski definition) is 1. The molecule has 0 spiro atoms. The second-order valence-corrected chi connectivity index (χ2v) is 6.96. The number of nitrogens with one attached hydrogen (secondary N) is 1. The van der Waals surface area contributed by atoms with Gasteiger partial charge in [0.25, 0.3) is 0 Å². The van der Waals surface area contributed by atoms with Crippen molar-refractivity contribution < 1.29 is 4.74 Å². The Balaban J connectivity index is 0.00000242. The predicted molar refractivity (Wildman–Crippen MR) is 106 cm³/mol. The smallest absolute Gasteiger partial charge is 0.124 e. The Morgan fingerprint density at radius 1 is 1.22 bits per heavy atom. The highest BCUT2D eigenvalue weighted by Gasteiger charge is 2.25. The quantitative estimate of drug-likeness (QED) is 0.712. The van der Waals surface area contributed by atoms with Crippen molar-refractivity contribution in [2.24, 2.45) is 5.92 Å². The summed E-state index contributed by atoms with van der Waals surface area (Å²) < 4.78 is 7.01. The molecule has 1 aliphatic rings. The van der Waals surface area contributed by atoms with Gasteiger partial charge in [-0.3, -0.25) is 4.90 Å². The van der Waals surface area contributed by atoms with Gasteiger partial charge < -0.3 is 10.1 Å². The molecule has 1 N–H and O–H groups in total. The molecule has 2 rings (SSSR count). The van der Waals surface area contributed by atoms with E-state index < -0.39 is 0 Å². The third-order valence-corrected chi connectivity index (χ3v) is 4.41. The first-order chi connectivity index (χ1) is 10.1. The van der Waals surface area contributed by atoms with E-state index in [-0.39, 0.29) is 24.8 Å². The molecule has 1 saturated heterocycles. The lowest BCUT2D eigenvalue weighted by Crippen LogP contribution is -2.45. The fourth-order valence-electron chi connectivity index (χ4n) is 2.98. The standard InChI is InChI=1S/C17H27BrN2O.2ClH/c1-4-21-17-6-5-14(18)12-15(17)16(11-13(2)3)20-9-7-19-8-10-20;;/h5-6,12-13,16,19H,4,7-11H2,1-3H3;2*1H/t16-;;/m1../s1. The van der Waals surface area contributed by atoms with Crippen LogP contribution in [-0.4, -0.2) is 37.7 Å². The predicted octanol–water partition coefficient (Wildman–Crippen LogP) is 4.68. The molecule has 1 aromatic carbocycles. The summed E-state index contributed by atoms with van der Waals surface area (Å²) in [4.78, 5) is 2.60. The summed E-state index contributed by atoms with van der Waals surface area (Å²) in [5, 5.41) is 3.44. The van der Waals surface area contributed by atoms with E-state index in [0.29, 0.717) is 18.6 Å². The molecule has 1 heterocycles. The Kier molecular flexibility index (Phi) is 11.5. The van der Waals surface area contributed by atoms with E-state index in [9.17, 15) is 0 Å². The number of benzene rings is 1. The monoisotopic (exact) mass is 426 g/mol. The minimum absolute atomic E-state index is 0. The van der Waals surface area contributed by atoms with E-state index in [1.165, 1.54) is 5.56 Å². The van der Waals surface area contributed by atoms with Crippen molar-refractivity contribution in [2.75, 3.05) is 32.8 Å². The molecule has 0 amide bonds. The van der Waals surface area contributed by atoms with Crippen LogP contribution < -0.4 is 10.1 Å². The molecular weight excluding hydrogens is 399 g/mol. The zero-order valence-electron chi connectivity index (χ0n) is 14.2. The minimum Gasteiger partial charge on any atom is -0.494 e. The Bertz CT molecular complexity index is 454. The summed E-state index contributed by atoms with van der Waals surface area (Å²) in [6.45, 7) is 11.7. The van der Waals surface area contributed by atoms with Crippen molar-refractivity contribution >= 4 is 40.7 Å². The Morgan fingerprint density at radius 3 is 2.43 bits per heavy atom. The molecule has 0 radical (unpaired) electrons. The van der Waals surface area contributed by atoms with Gasteiger partial charge in [-0.05, 0) is 37.5 Å². The SMILES string of the molecule is CCOc1ccc(Br)cc1[C@@H](CC(C)C)N1CCNCC1.Cl.Cl. The zero-order valence-corrected chi connectivity index (χ0v) is 17.4. The second-order valence-electron chi connectivity index (χ2n) is 6.05. The zero-order chi connectivity index (χ0) is 15.2. The third kappa shape index (κ3) is 6.79. The molecule has 0 bridgehead atoms. The van der Waals surface area contributed by atoms with Crippen LogP contribution in [0.4, 0.5) is 0 Å². The lowest BCUT2D eigenvalue weighted by molar-refractivity contribution is 0.150. The van der Waals surface area contributed by atoms with Gasteiger partial charge in [0.05, 0.1) is 6.61 Å². The molecule has 23 heavy (non-hydrogen) atoms. The third-order valence-electron chi connectivity index (χ3n) is 3.92. The summed E-state index contributed by atoms with van der Waals surface area (Å²) in [6, 6.07) is 6.84. The molecule has 6 heteroatoms. The maximum Gasteiger partial charge on any atom is 0.124 e. The van der Waals surface area contributed by atoms with Crippen molar-refractivity contribution in [1.29, 1.82) is 0 Å². The van der Waals surface area contributed by atoms with Gasteiger partial charge in [-0.2, -0.15) is 0 Å². The highest BCUT2D eigenvalue weighted by molar-refractivity contribution is 9.10. The fourth-order valence-corrected chi connectivity index (χ4v) is 3.36. The van der Waals surface area contributed by atoms with Crippen molar-refractivity contribution in [3.05, 3.63) is 28.2 Å². The van der Waals surface area contributed by atoms with E-state index >= 15 is 0 Å². The maximum atomic E-state index is 5.88. The molecular formula is C17H29BrCl2N2O. The lowest BCUT2D eigenvalue weighted by atomic mass is 9.94. The van der Waals surface area contributed by atoms with Gasteiger partial charge in [0.1, 0.15) is 5.75 Å². The largest absolute Gasteiger partial charge is 0.494 e. The Labute approximate surface area is 161 Å². The number of piperazine rings is 1. The molecule has 3 nitrogen and oxygen atoms in total. The van der Waals surface area contributed by atoms with Crippen LogP contribution in [0.3, 0.4) is 0 Å². The van der Waals surface area contributed by atoms with Crippen LogP contribution in [0.25, 0.3) is 0 Å². The van der Waals surface area contributed by atoms with Crippen molar-refractivity contribution in [3.8, 4) is 5.75 Å². The van der Waals surface area contributed by atoms with E-state index in [0.717, 1.165) is 42.8 Å². The first-order valence-corrected chi connectivity index (χ1v) is 8.78. The first kappa shape index (κ1) is 23.0. The normalized spacial score (nSPS) is 16.4. The summed E-state index contributed by atoms with van der Waals surface area (Å²) in [5.74, 6) is 1.70. The van der Waals surface area contributed by atoms with Crippen LogP contribution in [0.1, 0.15) is 38.8 Å². The van der Waals surface area contributed by atoms with Crippen molar-refractivity contribution in [2.45, 2.75) is 33.2 Å². The lowest BCUT2D eigenvalue weighted by Gasteiger charge is -2.37. The van der Waals surface area contributed by atoms with Gasteiger partial charge in [-0.25, -0.2) is 0 Å². The van der Waals surface area contributed by atoms with Crippen LogP contribution in [0.2, 0.25) is 0 Å². The molecule has 0 aromatic heterocycles. The molecule has 1 atom stereocenters. The topological polar surface area (TPSA) is 24.5 Å². The average molecular weight is 428 g/mol.